The van der Waals surface area contributed by atoms with Gasteiger partial charge in [-0.15, -0.1) is 0 Å². The molecule has 0 radical (unpaired) electrons. The molecule has 9 heteroatoms. The van der Waals surface area contributed by atoms with Crippen molar-refractivity contribution in [2.24, 2.45) is 0 Å². The van der Waals surface area contributed by atoms with Gasteiger partial charge >= 0.3 is 6.09 Å². The fourth-order valence-corrected chi connectivity index (χ4v) is 7.14. The van der Waals surface area contributed by atoms with E-state index < -0.39 is 8.53 Å². The van der Waals surface area contributed by atoms with Crippen molar-refractivity contribution in [1.82, 2.24) is 9.99 Å². The molecule has 1 amide bonds. The molecule has 0 aliphatic carbocycles. The van der Waals surface area contributed by atoms with E-state index in [4.69, 9.17) is 23.3 Å². The van der Waals surface area contributed by atoms with Crippen LogP contribution in [-0.2, 0) is 36.5 Å². The summed E-state index contributed by atoms with van der Waals surface area (Å²) in [7, 11) is -1.27. The van der Waals surface area contributed by atoms with Crippen molar-refractivity contribution in [1.29, 1.82) is 0 Å². The number of rotatable bonds is 30. The number of unbranched alkanes of at least 4 members (excludes halogenated alkanes) is 10. The molecule has 0 bridgehead atoms. The summed E-state index contributed by atoms with van der Waals surface area (Å²) in [5.41, 5.74) is 2.13. The number of hydrogen-bond acceptors (Lipinski definition) is 7. The zero-order valence-corrected chi connectivity index (χ0v) is 32.2. The van der Waals surface area contributed by atoms with Crippen molar-refractivity contribution < 1.29 is 28.1 Å². The Morgan fingerprint density at radius 2 is 1.22 bits per heavy atom. The minimum Gasteiger partial charge on any atom is -0.445 e. The summed E-state index contributed by atoms with van der Waals surface area (Å²) in [4.78, 5) is 11.9. The Labute approximate surface area is 299 Å². The highest BCUT2D eigenvalue weighted by atomic mass is 31.2. The molecule has 1 unspecified atom stereocenters. The van der Waals surface area contributed by atoms with Crippen LogP contribution in [0.5, 0.6) is 0 Å². The van der Waals surface area contributed by atoms with Crippen LogP contribution in [0.1, 0.15) is 123 Å². The summed E-state index contributed by atoms with van der Waals surface area (Å²) < 4.78 is 33.1. The Morgan fingerprint density at radius 3 is 1.84 bits per heavy atom. The maximum Gasteiger partial charge on any atom is 0.407 e. The number of carbonyl (C=O) groups excluding carboxylic acids is 1. The van der Waals surface area contributed by atoms with Gasteiger partial charge in [0.05, 0.1) is 19.8 Å². The van der Waals surface area contributed by atoms with E-state index in [1.165, 1.54) is 32.1 Å². The molecule has 0 aliphatic heterocycles. The average Bonchev–Trinajstić information content (AvgIpc) is 3.10. The van der Waals surface area contributed by atoms with Gasteiger partial charge in [0, 0.05) is 31.8 Å². The van der Waals surface area contributed by atoms with Crippen LogP contribution in [0.15, 0.2) is 60.7 Å². The summed E-state index contributed by atoms with van der Waals surface area (Å²) >= 11 is 0. The van der Waals surface area contributed by atoms with Crippen molar-refractivity contribution in [2.75, 3.05) is 33.0 Å². The average molecular weight is 703 g/mol. The number of benzene rings is 2. The van der Waals surface area contributed by atoms with Gasteiger partial charge in [0.1, 0.15) is 12.7 Å². The maximum atomic E-state index is 11.9. The SMILES string of the molecule is CCCCCCCCO[C@@H](COCCCCCCCCNC(=O)OCc1ccccc1)COP(OCc1ccccc1)N(C(C)C)C(C)C. The number of ether oxygens (including phenoxy) is 3. The summed E-state index contributed by atoms with van der Waals surface area (Å²) in [5.74, 6) is 0. The molecule has 0 saturated heterocycles. The minimum absolute atomic E-state index is 0.131. The molecule has 278 valence electrons. The molecule has 49 heavy (non-hydrogen) atoms. The zero-order chi connectivity index (χ0) is 35.4. The molecule has 2 aromatic carbocycles. The Hall–Kier alpha value is -2.06. The third kappa shape index (κ3) is 21.7. The third-order valence-electron chi connectivity index (χ3n) is 8.15. The predicted molar refractivity (Wildman–Crippen MR) is 202 cm³/mol. The fraction of sp³-hybridized carbons (Fsp3) is 0.675. The number of amides is 1. The summed E-state index contributed by atoms with van der Waals surface area (Å²) in [6.07, 6.45) is 13.4. The quantitative estimate of drug-likeness (QED) is 0.0641. The largest absolute Gasteiger partial charge is 0.445 e. The van der Waals surface area contributed by atoms with Crippen LogP contribution in [0.2, 0.25) is 0 Å². The predicted octanol–water partition coefficient (Wildman–Crippen LogP) is 10.6. The summed E-state index contributed by atoms with van der Waals surface area (Å²) in [6, 6.07) is 20.6. The molecule has 0 fully saturated rings. The monoisotopic (exact) mass is 702 g/mol. The number of carbonyl (C=O) groups is 1. The first-order chi connectivity index (χ1) is 23.9. The smallest absolute Gasteiger partial charge is 0.407 e. The van der Waals surface area contributed by atoms with Crippen LogP contribution in [0, 0.1) is 0 Å². The van der Waals surface area contributed by atoms with Gasteiger partial charge in [-0.05, 0) is 58.1 Å². The van der Waals surface area contributed by atoms with Crippen LogP contribution in [-0.4, -0.2) is 61.9 Å². The van der Waals surface area contributed by atoms with Crippen LogP contribution in [0.3, 0.4) is 0 Å². The van der Waals surface area contributed by atoms with E-state index in [0.717, 1.165) is 69.3 Å². The van der Waals surface area contributed by atoms with E-state index in [9.17, 15) is 4.79 Å². The second-order valence-corrected chi connectivity index (χ2v) is 14.8. The molecule has 8 nitrogen and oxygen atoms in total. The number of nitrogens with one attached hydrogen (secondary N) is 1. The highest BCUT2D eigenvalue weighted by Crippen LogP contribution is 2.46. The first kappa shape index (κ1) is 43.1. The topological polar surface area (TPSA) is 78.5 Å². The fourth-order valence-electron chi connectivity index (χ4n) is 5.49. The van der Waals surface area contributed by atoms with Crippen molar-refractivity contribution >= 4 is 14.6 Å². The maximum absolute atomic E-state index is 11.9. The lowest BCUT2D eigenvalue weighted by atomic mass is 10.1. The molecule has 0 spiro atoms. The van der Waals surface area contributed by atoms with E-state index in [1.807, 2.05) is 48.5 Å². The highest BCUT2D eigenvalue weighted by molar-refractivity contribution is 7.44. The highest BCUT2D eigenvalue weighted by Gasteiger charge is 2.28. The first-order valence-electron chi connectivity index (χ1n) is 18.9. The first-order valence-corrected chi connectivity index (χ1v) is 20.1. The van der Waals surface area contributed by atoms with Crippen LogP contribution >= 0.6 is 8.53 Å². The van der Waals surface area contributed by atoms with Gasteiger partial charge in [-0.2, -0.15) is 0 Å². The summed E-state index contributed by atoms with van der Waals surface area (Å²) in [6.45, 7) is 14.9. The Balaban J connectivity index is 1.69. The molecule has 2 rings (SSSR count). The van der Waals surface area contributed by atoms with Gasteiger partial charge in [0.15, 0.2) is 0 Å². The molecule has 0 saturated carbocycles. The molecule has 2 aromatic rings. The molecular formula is C40H67N2O6P. The Bertz CT molecular complexity index is 1040. The third-order valence-corrected chi connectivity index (χ3v) is 10.2. The molecule has 1 N–H and O–H groups in total. The summed E-state index contributed by atoms with van der Waals surface area (Å²) in [5, 5.41) is 2.85. The molecule has 2 atom stereocenters. The van der Waals surface area contributed by atoms with E-state index in [-0.39, 0.29) is 12.2 Å². The van der Waals surface area contributed by atoms with Crippen molar-refractivity contribution in [3.8, 4) is 0 Å². The van der Waals surface area contributed by atoms with E-state index in [0.29, 0.717) is 45.1 Å². The van der Waals surface area contributed by atoms with E-state index in [2.05, 4.69) is 56.7 Å². The lowest BCUT2D eigenvalue weighted by Crippen LogP contribution is -2.35. The van der Waals surface area contributed by atoms with Crippen molar-refractivity contribution in [3.63, 3.8) is 0 Å². The van der Waals surface area contributed by atoms with Crippen molar-refractivity contribution in [3.05, 3.63) is 71.8 Å². The Kier molecular flexibility index (Phi) is 25.2. The number of nitrogens with zero attached hydrogens (tertiary/aromatic N) is 1. The molecule has 0 aromatic heterocycles. The van der Waals surface area contributed by atoms with Gasteiger partial charge in [-0.1, -0.05) is 125 Å². The van der Waals surface area contributed by atoms with Crippen LogP contribution in [0.25, 0.3) is 0 Å². The normalized spacial score (nSPS) is 12.9. The second-order valence-electron chi connectivity index (χ2n) is 13.3. The molecule has 0 aliphatic rings. The van der Waals surface area contributed by atoms with Gasteiger partial charge in [-0.3, -0.25) is 0 Å². The van der Waals surface area contributed by atoms with Crippen LogP contribution < -0.4 is 5.32 Å². The molecule has 0 heterocycles. The van der Waals surface area contributed by atoms with Gasteiger partial charge in [-0.25, -0.2) is 9.46 Å². The van der Waals surface area contributed by atoms with E-state index in [1.54, 1.807) is 0 Å². The lowest BCUT2D eigenvalue weighted by Gasteiger charge is -2.36. The zero-order valence-electron chi connectivity index (χ0n) is 31.3. The van der Waals surface area contributed by atoms with Gasteiger partial charge < -0.3 is 28.6 Å². The standard InChI is InChI=1S/C40H67N2O6P/c1-6-7-8-9-14-23-30-45-39(34-48-49(42(35(2)3)36(4)5)47-32-38-26-19-16-20-27-38)33-44-29-22-13-11-10-12-21-28-41-40(43)46-31-37-24-17-15-18-25-37/h15-20,24-27,35-36,39H,6-14,21-23,28-34H2,1-5H3,(H,41,43)/t39-,49?/m0/s1. The van der Waals surface area contributed by atoms with Crippen LogP contribution in [0.4, 0.5) is 4.79 Å². The number of alkyl carbamates (subject to hydrolysis) is 1. The van der Waals surface area contributed by atoms with E-state index >= 15 is 0 Å². The number of hydrogen-bond donors (Lipinski definition) is 1. The minimum atomic E-state index is -1.27. The van der Waals surface area contributed by atoms with Crippen molar-refractivity contribution in [2.45, 2.75) is 143 Å². The lowest BCUT2D eigenvalue weighted by molar-refractivity contribution is -0.0414. The van der Waals surface area contributed by atoms with Gasteiger partial charge in [0.2, 0.25) is 0 Å². The molecular weight excluding hydrogens is 635 g/mol. The van der Waals surface area contributed by atoms with Gasteiger partial charge in [0.25, 0.3) is 8.53 Å². The second kappa shape index (κ2) is 28.6. The Morgan fingerprint density at radius 1 is 0.673 bits per heavy atom.